The number of aromatic nitrogens is 1. The molecule has 4 nitrogen and oxygen atoms in total. The van der Waals surface area contributed by atoms with E-state index in [0.717, 1.165) is 27.7 Å². The van der Waals surface area contributed by atoms with E-state index in [1.165, 1.54) is 0 Å². The first-order valence-electron chi connectivity index (χ1n) is 7.69. The van der Waals surface area contributed by atoms with Gasteiger partial charge in [0.15, 0.2) is 0 Å². The van der Waals surface area contributed by atoms with Crippen molar-refractivity contribution in [3.63, 3.8) is 0 Å². The summed E-state index contributed by atoms with van der Waals surface area (Å²) in [5, 5.41) is 4.57. The summed E-state index contributed by atoms with van der Waals surface area (Å²) in [7, 11) is 1.59. The van der Waals surface area contributed by atoms with E-state index in [1.807, 2.05) is 50.2 Å². The molecule has 0 atom stereocenters. The molecule has 0 bridgehead atoms. The van der Waals surface area contributed by atoms with Crippen LogP contribution in [-0.4, -0.2) is 18.0 Å². The van der Waals surface area contributed by atoms with Gasteiger partial charge in [0.05, 0.1) is 19.2 Å². The molecule has 1 amide bonds. The molecule has 2 aromatic carbocycles. The third-order valence-corrected chi connectivity index (χ3v) is 4.28. The van der Waals surface area contributed by atoms with E-state index in [4.69, 9.17) is 16.3 Å². The maximum Gasteiger partial charge on any atom is 0.228 e. The van der Waals surface area contributed by atoms with Gasteiger partial charge in [0.1, 0.15) is 5.75 Å². The second-order valence-electron chi connectivity index (χ2n) is 5.85. The number of aryl methyl sites for hydroxylation is 2. The molecule has 0 saturated carbocycles. The normalized spacial score (nSPS) is 10.8. The summed E-state index contributed by atoms with van der Waals surface area (Å²) in [6.45, 7) is 3.94. The Bertz CT molecular complexity index is 915. The largest absolute Gasteiger partial charge is 0.495 e. The van der Waals surface area contributed by atoms with Crippen molar-refractivity contribution in [3.05, 3.63) is 58.2 Å². The molecule has 0 aliphatic rings. The summed E-state index contributed by atoms with van der Waals surface area (Å²) in [6, 6.07) is 11.3. The number of benzene rings is 2. The maximum absolute atomic E-state index is 12.5. The number of methoxy groups -OCH3 is 1. The molecule has 0 aliphatic carbocycles. The fourth-order valence-electron chi connectivity index (χ4n) is 2.86. The Morgan fingerprint density at radius 3 is 2.75 bits per heavy atom. The molecule has 0 radical (unpaired) electrons. The highest BCUT2D eigenvalue weighted by molar-refractivity contribution is 6.31. The van der Waals surface area contributed by atoms with Crippen LogP contribution in [0.4, 0.5) is 5.69 Å². The molecule has 3 aromatic rings. The minimum absolute atomic E-state index is 0.0946. The average Bonchev–Trinajstić information content (AvgIpc) is 2.83. The van der Waals surface area contributed by atoms with Crippen molar-refractivity contribution in [2.45, 2.75) is 20.3 Å². The number of carbonyl (C=O) groups excluding carboxylic acids is 1. The molecule has 2 N–H and O–H groups in total. The molecule has 0 fully saturated rings. The lowest BCUT2D eigenvalue weighted by Crippen LogP contribution is -2.15. The van der Waals surface area contributed by atoms with Crippen LogP contribution in [-0.2, 0) is 11.2 Å². The SMILES string of the molecule is COc1ccc(C)cc1NC(=O)Cc1c(C)[nH]c2ccc(Cl)cc12. The van der Waals surface area contributed by atoms with E-state index in [0.29, 0.717) is 16.5 Å². The summed E-state index contributed by atoms with van der Waals surface area (Å²) in [5.74, 6) is 0.551. The Morgan fingerprint density at radius 1 is 1.21 bits per heavy atom. The zero-order valence-corrected chi connectivity index (χ0v) is 14.6. The highest BCUT2D eigenvalue weighted by Gasteiger charge is 2.14. The Balaban J connectivity index is 1.87. The first kappa shape index (κ1) is 16.4. The fraction of sp³-hybridized carbons (Fsp3) is 0.211. The van der Waals surface area contributed by atoms with Crippen LogP contribution in [0.1, 0.15) is 16.8 Å². The molecule has 5 heteroatoms. The standard InChI is InChI=1S/C19H19ClN2O2/c1-11-4-7-18(24-3)17(8-11)22-19(23)10-14-12(2)21-16-6-5-13(20)9-15(14)16/h4-9,21H,10H2,1-3H3,(H,22,23). The van der Waals surface area contributed by atoms with Crippen molar-refractivity contribution in [1.29, 1.82) is 0 Å². The van der Waals surface area contributed by atoms with Crippen LogP contribution in [0.3, 0.4) is 0 Å². The zero-order chi connectivity index (χ0) is 17.3. The molecule has 1 heterocycles. The lowest BCUT2D eigenvalue weighted by atomic mass is 10.1. The van der Waals surface area contributed by atoms with Gasteiger partial charge in [0.2, 0.25) is 5.91 Å². The van der Waals surface area contributed by atoms with Gasteiger partial charge in [-0.25, -0.2) is 0 Å². The maximum atomic E-state index is 12.5. The third-order valence-electron chi connectivity index (χ3n) is 4.05. The second-order valence-corrected chi connectivity index (χ2v) is 6.28. The second kappa shape index (κ2) is 6.57. The van der Waals surface area contributed by atoms with Gasteiger partial charge in [-0.2, -0.15) is 0 Å². The van der Waals surface area contributed by atoms with E-state index < -0.39 is 0 Å². The van der Waals surface area contributed by atoms with Crippen LogP contribution in [0.2, 0.25) is 5.02 Å². The van der Waals surface area contributed by atoms with E-state index in [9.17, 15) is 4.79 Å². The number of halogens is 1. The summed E-state index contributed by atoms with van der Waals surface area (Å²) >= 11 is 6.09. The molecule has 0 aliphatic heterocycles. The Morgan fingerprint density at radius 2 is 2.00 bits per heavy atom. The summed E-state index contributed by atoms with van der Waals surface area (Å²) < 4.78 is 5.31. The molecular formula is C19H19ClN2O2. The van der Waals surface area contributed by atoms with E-state index in [1.54, 1.807) is 7.11 Å². The molecule has 3 rings (SSSR count). The van der Waals surface area contributed by atoms with E-state index in [2.05, 4.69) is 10.3 Å². The van der Waals surface area contributed by atoms with Gasteiger partial charge in [-0.3, -0.25) is 4.79 Å². The number of fused-ring (bicyclic) bond motifs is 1. The molecule has 0 spiro atoms. The fourth-order valence-corrected chi connectivity index (χ4v) is 3.03. The number of carbonyl (C=O) groups is 1. The van der Waals surface area contributed by atoms with Gasteiger partial charge >= 0.3 is 0 Å². The van der Waals surface area contributed by atoms with Gasteiger partial charge in [0.25, 0.3) is 0 Å². The highest BCUT2D eigenvalue weighted by Crippen LogP contribution is 2.28. The molecular weight excluding hydrogens is 324 g/mol. The first-order valence-corrected chi connectivity index (χ1v) is 8.07. The van der Waals surface area contributed by atoms with E-state index >= 15 is 0 Å². The first-order chi connectivity index (χ1) is 11.5. The van der Waals surface area contributed by atoms with Gasteiger partial charge < -0.3 is 15.0 Å². The molecule has 0 saturated heterocycles. The summed E-state index contributed by atoms with van der Waals surface area (Å²) in [5.41, 5.74) is 4.64. The van der Waals surface area contributed by atoms with Crippen molar-refractivity contribution in [2.24, 2.45) is 0 Å². The van der Waals surface area contributed by atoms with Crippen molar-refractivity contribution >= 4 is 34.1 Å². The summed E-state index contributed by atoms with van der Waals surface area (Å²) in [4.78, 5) is 15.8. The number of H-pyrrole nitrogens is 1. The number of anilines is 1. The minimum atomic E-state index is -0.0946. The average molecular weight is 343 g/mol. The Kier molecular flexibility index (Phi) is 4.49. The van der Waals surface area contributed by atoms with Crippen LogP contribution in [0.25, 0.3) is 10.9 Å². The Labute approximate surface area is 145 Å². The van der Waals surface area contributed by atoms with Crippen LogP contribution in [0.5, 0.6) is 5.75 Å². The van der Waals surface area contributed by atoms with Gasteiger partial charge in [-0.15, -0.1) is 0 Å². The van der Waals surface area contributed by atoms with Crippen molar-refractivity contribution in [1.82, 2.24) is 4.98 Å². The molecule has 24 heavy (non-hydrogen) atoms. The minimum Gasteiger partial charge on any atom is -0.495 e. The number of ether oxygens (including phenoxy) is 1. The van der Waals surface area contributed by atoms with Crippen LogP contribution in [0.15, 0.2) is 36.4 Å². The smallest absolute Gasteiger partial charge is 0.228 e. The zero-order valence-electron chi connectivity index (χ0n) is 13.9. The van der Waals surface area contributed by atoms with Gasteiger partial charge in [0, 0.05) is 21.6 Å². The highest BCUT2D eigenvalue weighted by atomic mass is 35.5. The number of hydrogen-bond acceptors (Lipinski definition) is 2. The quantitative estimate of drug-likeness (QED) is 0.726. The lowest BCUT2D eigenvalue weighted by Gasteiger charge is -2.11. The van der Waals surface area contributed by atoms with Crippen molar-refractivity contribution in [3.8, 4) is 5.75 Å². The Hall–Kier alpha value is -2.46. The number of aromatic amines is 1. The van der Waals surface area contributed by atoms with Crippen molar-refractivity contribution in [2.75, 3.05) is 12.4 Å². The van der Waals surface area contributed by atoms with Crippen LogP contribution >= 0.6 is 11.6 Å². The molecule has 0 unspecified atom stereocenters. The third kappa shape index (κ3) is 3.24. The monoisotopic (exact) mass is 342 g/mol. The molecule has 1 aromatic heterocycles. The van der Waals surface area contributed by atoms with Gasteiger partial charge in [-0.05, 0) is 55.3 Å². The van der Waals surface area contributed by atoms with Crippen LogP contribution < -0.4 is 10.1 Å². The summed E-state index contributed by atoms with van der Waals surface area (Å²) in [6.07, 6.45) is 0.267. The number of amides is 1. The number of hydrogen-bond donors (Lipinski definition) is 2. The van der Waals surface area contributed by atoms with Crippen LogP contribution in [0, 0.1) is 13.8 Å². The van der Waals surface area contributed by atoms with Crippen molar-refractivity contribution < 1.29 is 9.53 Å². The predicted octanol–water partition coefficient (Wildman–Crippen LogP) is 4.63. The topological polar surface area (TPSA) is 54.1 Å². The van der Waals surface area contributed by atoms with Gasteiger partial charge in [-0.1, -0.05) is 17.7 Å². The van der Waals surface area contributed by atoms with E-state index in [-0.39, 0.29) is 12.3 Å². The molecule has 124 valence electrons. The lowest BCUT2D eigenvalue weighted by molar-refractivity contribution is -0.115. The number of rotatable bonds is 4. The predicted molar refractivity (Wildman–Crippen MR) is 98.1 cm³/mol. The number of nitrogens with one attached hydrogen (secondary N) is 2.